The molecule has 160 valence electrons. The van der Waals surface area contributed by atoms with E-state index in [1.54, 1.807) is 26.1 Å². The Hall–Kier alpha value is -1.90. The van der Waals surface area contributed by atoms with E-state index in [1.165, 1.54) is 16.8 Å². The number of hydrogen-bond donors (Lipinski definition) is 1. The van der Waals surface area contributed by atoms with E-state index in [9.17, 15) is 12.8 Å². The lowest BCUT2D eigenvalue weighted by atomic mass is 9.95. The van der Waals surface area contributed by atoms with Gasteiger partial charge in [0.25, 0.3) is 10.0 Å². The standard InChI is InChI=1S/C21H22BrClFN3O2S/c1-11-12(2)14(4)20(15(5)13(11)3)30(28,29)26-21-17(22)10-27(25-21)9-16-18(23)7-6-8-19(16)24/h6-8,10H,9H2,1-5H3,(H,25,26). The number of aromatic nitrogens is 2. The third kappa shape index (κ3) is 4.13. The number of benzene rings is 2. The van der Waals surface area contributed by atoms with Crippen LogP contribution in [-0.2, 0) is 16.6 Å². The summed E-state index contributed by atoms with van der Waals surface area (Å²) < 4.78 is 45.0. The van der Waals surface area contributed by atoms with Crippen molar-refractivity contribution in [1.29, 1.82) is 0 Å². The summed E-state index contributed by atoms with van der Waals surface area (Å²) in [7, 11) is -3.89. The van der Waals surface area contributed by atoms with Crippen LogP contribution in [0.15, 0.2) is 33.8 Å². The lowest BCUT2D eigenvalue weighted by molar-refractivity contribution is 0.585. The van der Waals surface area contributed by atoms with Gasteiger partial charge >= 0.3 is 0 Å². The molecule has 0 aliphatic carbocycles. The molecule has 0 saturated heterocycles. The Labute approximate surface area is 189 Å². The van der Waals surface area contributed by atoms with Crippen LogP contribution in [0.4, 0.5) is 10.2 Å². The second-order valence-corrected chi connectivity index (χ2v) is 10.2. The van der Waals surface area contributed by atoms with E-state index in [-0.39, 0.29) is 27.8 Å². The Morgan fingerprint density at radius 2 is 1.63 bits per heavy atom. The highest BCUT2D eigenvalue weighted by molar-refractivity contribution is 9.10. The van der Waals surface area contributed by atoms with Gasteiger partial charge in [-0.25, -0.2) is 12.8 Å². The van der Waals surface area contributed by atoms with Crippen LogP contribution in [0.2, 0.25) is 5.02 Å². The van der Waals surface area contributed by atoms with Gasteiger partial charge in [-0.3, -0.25) is 9.40 Å². The Kier molecular flexibility index (Phi) is 6.32. The molecule has 9 heteroatoms. The molecule has 0 saturated carbocycles. The Morgan fingerprint density at radius 1 is 1.07 bits per heavy atom. The molecule has 3 aromatic rings. The number of hydrogen-bond acceptors (Lipinski definition) is 3. The first-order chi connectivity index (χ1) is 13.9. The lowest BCUT2D eigenvalue weighted by Crippen LogP contribution is -2.18. The normalized spacial score (nSPS) is 11.7. The SMILES string of the molecule is Cc1c(C)c(C)c(S(=O)(=O)Nc2nn(Cc3c(F)cccc3Cl)cc2Br)c(C)c1C. The van der Waals surface area contributed by atoms with Gasteiger partial charge in [-0.15, -0.1) is 0 Å². The van der Waals surface area contributed by atoms with Gasteiger partial charge in [0, 0.05) is 16.8 Å². The summed E-state index contributed by atoms with van der Waals surface area (Å²) in [6, 6.07) is 4.43. The van der Waals surface area contributed by atoms with Gasteiger partial charge in [0.2, 0.25) is 0 Å². The van der Waals surface area contributed by atoms with Crippen molar-refractivity contribution in [3.8, 4) is 0 Å². The first kappa shape index (κ1) is 22.8. The summed E-state index contributed by atoms with van der Waals surface area (Å²) in [4.78, 5) is 0.252. The third-order valence-corrected chi connectivity index (χ3v) is 8.08. The molecular formula is C21H22BrClFN3O2S. The average Bonchev–Trinajstić information content (AvgIpc) is 3.00. The van der Waals surface area contributed by atoms with Crippen LogP contribution >= 0.6 is 27.5 Å². The summed E-state index contributed by atoms with van der Waals surface area (Å²) in [5.74, 6) is -0.328. The fourth-order valence-electron chi connectivity index (χ4n) is 3.44. The number of nitrogens with one attached hydrogen (secondary N) is 1. The zero-order valence-corrected chi connectivity index (χ0v) is 20.4. The number of sulfonamides is 1. The Morgan fingerprint density at radius 3 is 2.20 bits per heavy atom. The van der Waals surface area contributed by atoms with Gasteiger partial charge in [-0.05, 0) is 90.5 Å². The first-order valence-electron chi connectivity index (χ1n) is 9.19. The topological polar surface area (TPSA) is 64.0 Å². The minimum Gasteiger partial charge on any atom is -0.265 e. The lowest BCUT2D eigenvalue weighted by Gasteiger charge is -2.19. The van der Waals surface area contributed by atoms with Gasteiger partial charge in [-0.1, -0.05) is 17.7 Å². The van der Waals surface area contributed by atoms with E-state index in [2.05, 4.69) is 25.8 Å². The fraction of sp³-hybridized carbons (Fsp3) is 0.286. The Bertz CT molecular complexity index is 1210. The predicted molar refractivity (Wildman–Crippen MR) is 121 cm³/mol. The predicted octanol–water partition coefficient (Wildman–Crippen LogP) is 5.83. The number of halogens is 3. The van der Waals surface area contributed by atoms with E-state index in [4.69, 9.17) is 11.6 Å². The van der Waals surface area contributed by atoms with Crippen molar-refractivity contribution in [2.24, 2.45) is 0 Å². The van der Waals surface area contributed by atoms with Crippen molar-refractivity contribution in [1.82, 2.24) is 9.78 Å². The molecule has 0 radical (unpaired) electrons. The van der Waals surface area contributed by atoms with Gasteiger partial charge in [0.15, 0.2) is 5.82 Å². The average molecular weight is 515 g/mol. The molecule has 0 amide bonds. The van der Waals surface area contributed by atoms with Crippen LogP contribution in [0.1, 0.15) is 33.4 Å². The highest BCUT2D eigenvalue weighted by Crippen LogP contribution is 2.32. The van der Waals surface area contributed by atoms with Crippen molar-refractivity contribution in [2.45, 2.75) is 46.1 Å². The van der Waals surface area contributed by atoms with Crippen molar-refractivity contribution >= 4 is 43.4 Å². The highest BCUT2D eigenvalue weighted by Gasteiger charge is 2.25. The van der Waals surface area contributed by atoms with E-state index in [0.29, 0.717) is 15.6 Å². The summed E-state index contributed by atoms with van der Waals surface area (Å²) in [5.41, 5.74) is 4.65. The second-order valence-electron chi connectivity index (χ2n) is 7.28. The third-order valence-electron chi connectivity index (χ3n) is 5.53. The smallest absolute Gasteiger partial charge is 0.263 e. The second kappa shape index (κ2) is 8.32. The number of anilines is 1. The van der Waals surface area contributed by atoms with Crippen molar-refractivity contribution in [3.63, 3.8) is 0 Å². The summed E-state index contributed by atoms with van der Waals surface area (Å²) in [6.07, 6.45) is 1.58. The molecule has 0 spiro atoms. The minimum atomic E-state index is -3.89. The zero-order chi connectivity index (χ0) is 22.4. The summed E-state index contributed by atoms with van der Waals surface area (Å²) >= 11 is 9.42. The molecule has 0 aliphatic rings. The molecule has 0 fully saturated rings. The maximum Gasteiger partial charge on any atom is 0.263 e. The maximum atomic E-state index is 14.1. The molecule has 0 aliphatic heterocycles. The molecule has 1 N–H and O–H groups in total. The molecule has 1 heterocycles. The van der Waals surface area contributed by atoms with Gasteiger partial charge in [0.1, 0.15) is 5.82 Å². The molecule has 3 rings (SSSR count). The molecule has 0 unspecified atom stereocenters. The monoisotopic (exact) mass is 513 g/mol. The largest absolute Gasteiger partial charge is 0.265 e. The van der Waals surface area contributed by atoms with Crippen LogP contribution in [0, 0.1) is 40.4 Å². The van der Waals surface area contributed by atoms with E-state index >= 15 is 0 Å². The Balaban J connectivity index is 1.98. The molecule has 1 aromatic heterocycles. The minimum absolute atomic E-state index is 0.0621. The molecular weight excluding hydrogens is 493 g/mol. The van der Waals surface area contributed by atoms with Gasteiger partial charge in [-0.2, -0.15) is 5.10 Å². The van der Waals surface area contributed by atoms with Crippen molar-refractivity contribution in [3.05, 3.63) is 73.1 Å². The molecule has 0 atom stereocenters. The van der Waals surface area contributed by atoms with Gasteiger partial charge in [0.05, 0.1) is 15.9 Å². The van der Waals surface area contributed by atoms with Crippen LogP contribution in [0.5, 0.6) is 0 Å². The molecule has 2 aromatic carbocycles. The molecule has 0 bridgehead atoms. The maximum absolute atomic E-state index is 14.1. The van der Waals surface area contributed by atoms with Crippen LogP contribution in [0.3, 0.4) is 0 Å². The summed E-state index contributed by atoms with van der Waals surface area (Å²) in [5, 5.41) is 4.55. The fourth-order valence-corrected chi connectivity index (χ4v) is 5.83. The van der Waals surface area contributed by atoms with E-state index in [0.717, 1.165) is 16.7 Å². The van der Waals surface area contributed by atoms with E-state index in [1.807, 2.05) is 20.8 Å². The van der Waals surface area contributed by atoms with E-state index < -0.39 is 15.8 Å². The molecule has 5 nitrogen and oxygen atoms in total. The summed E-state index contributed by atoms with van der Waals surface area (Å²) in [6.45, 7) is 9.49. The van der Waals surface area contributed by atoms with Crippen molar-refractivity contribution < 1.29 is 12.8 Å². The number of rotatable bonds is 5. The number of nitrogens with zero attached hydrogens (tertiary/aromatic N) is 2. The molecule has 30 heavy (non-hydrogen) atoms. The quantitative estimate of drug-likeness (QED) is 0.466. The van der Waals surface area contributed by atoms with Gasteiger partial charge < -0.3 is 0 Å². The van der Waals surface area contributed by atoms with Crippen LogP contribution in [0.25, 0.3) is 0 Å². The first-order valence-corrected chi connectivity index (χ1v) is 11.8. The highest BCUT2D eigenvalue weighted by atomic mass is 79.9. The van der Waals surface area contributed by atoms with Crippen LogP contribution < -0.4 is 4.72 Å². The van der Waals surface area contributed by atoms with Crippen LogP contribution in [-0.4, -0.2) is 18.2 Å². The zero-order valence-electron chi connectivity index (χ0n) is 17.3. The van der Waals surface area contributed by atoms with Crippen molar-refractivity contribution in [2.75, 3.05) is 4.72 Å².